The molecule has 0 heterocycles. The monoisotopic (exact) mass is 396 g/mol. The van der Waals surface area contributed by atoms with Crippen molar-refractivity contribution in [2.24, 2.45) is 0 Å². The molecule has 2 rings (SSSR count). The van der Waals surface area contributed by atoms with Gasteiger partial charge in [0.2, 0.25) is 0 Å². The number of halogens is 1. The molecule has 2 aromatic rings. The number of methoxy groups -OCH3 is 1. The van der Waals surface area contributed by atoms with Crippen molar-refractivity contribution in [2.45, 2.75) is 6.92 Å². The molecule has 0 saturated carbocycles. The van der Waals surface area contributed by atoms with Crippen LogP contribution in [0.4, 0.5) is 0 Å². The maximum atomic E-state index is 12.2. The molecule has 21 heavy (non-hydrogen) atoms. The molecule has 0 fully saturated rings. The van der Waals surface area contributed by atoms with Gasteiger partial charge in [0, 0.05) is 3.57 Å². The third-order valence-electron chi connectivity index (χ3n) is 2.90. The van der Waals surface area contributed by atoms with E-state index < -0.39 is 11.9 Å². The summed E-state index contributed by atoms with van der Waals surface area (Å²) in [7, 11) is 1.28. The third kappa shape index (κ3) is 3.60. The summed E-state index contributed by atoms with van der Waals surface area (Å²) in [5.41, 5.74) is 1.74. The van der Waals surface area contributed by atoms with Crippen LogP contribution < -0.4 is 4.74 Å². The number of hydrogen-bond acceptors (Lipinski definition) is 4. The van der Waals surface area contributed by atoms with Gasteiger partial charge in [-0.3, -0.25) is 0 Å². The van der Waals surface area contributed by atoms with E-state index in [1.54, 1.807) is 36.4 Å². The van der Waals surface area contributed by atoms with Crippen molar-refractivity contribution >= 4 is 34.5 Å². The van der Waals surface area contributed by atoms with Crippen LogP contribution >= 0.6 is 22.6 Å². The first-order chi connectivity index (χ1) is 10.0. The van der Waals surface area contributed by atoms with E-state index in [4.69, 9.17) is 4.74 Å². The second-order valence-corrected chi connectivity index (χ2v) is 5.50. The SMILES string of the molecule is COC(=O)c1ccccc1OC(=O)c1ccc(C)c(I)c1. The fourth-order valence-corrected chi connectivity index (χ4v) is 2.23. The lowest BCUT2D eigenvalue weighted by Crippen LogP contribution is -2.12. The Morgan fingerprint density at radius 2 is 1.76 bits per heavy atom. The van der Waals surface area contributed by atoms with Crippen molar-refractivity contribution in [3.63, 3.8) is 0 Å². The third-order valence-corrected chi connectivity index (χ3v) is 4.06. The van der Waals surface area contributed by atoms with E-state index in [2.05, 4.69) is 27.3 Å². The van der Waals surface area contributed by atoms with Gasteiger partial charge in [-0.2, -0.15) is 0 Å². The largest absolute Gasteiger partial charge is 0.465 e. The predicted molar refractivity (Wildman–Crippen MR) is 86.6 cm³/mol. The van der Waals surface area contributed by atoms with Crippen LogP contribution in [0.5, 0.6) is 5.75 Å². The number of rotatable bonds is 3. The molecule has 0 saturated heterocycles. The van der Waals surface area contributed by atoms with Gasteiger partial charge in [0.05, 0.1) is 12.7 Å². The first kappa shape index (κ1) is 15.5. The Balaban J connectivity index is 2.27. The van der Waals surface area contributed by atoms with Crippen LogP contribution in [0.1, 0.15) is 26.3 Å². The molecule has 0 amide bonds. The molecule has 0 aliphatic heterocycles. The average molecular weight is 396 g/mol. The molecule has 0 bridgehead atoms. The van der Waals surface area contributed by atoms with E-state index in [9.17, 15) is 9.59 Å². The van der Waals surface area contributed by atoms with Gasteiger partial charge in [-0.15, -0.1) is 0 Å². The molecule has 0 aliphatic carbocycles. The topological polar surface area (TPSA) is 52.6 Å². The average Bonchev–Trinajstić information content (AvgIpc) is 2.49. The minimum atomic E-state index is -0.545. The summed E-state index contributed by atoms with van der Waals surface area (Å²) in [6.45, 7) is 1.96. The summed E-state index contributed by atoms with van der Waals surface area (Å²) in [6.07, 6.45) is 0. The van der Waals surface area contributed by atoms with Crippen molar-refractivity contribution in [3.8, 4) is 5.75 Å². The molecule has 0 aliphatic rings. The Labute approximate surface area is 136 Å². The van der Waals surface area contributed by atoms with Gasteiger partial charge in [-0.05, 0) is 59.3 Å². The molecule has 0 aromatic heterocycles. The summed E-state index contributed by atoms with van der Waals surface area (Å²) >= 11 is 2.16. The molecule has 0 spiro atoms. The number of carbonyl (C=O) groups is 2. The molecule has 5 heteroatoms. The van der Waals surface area contributed by atoms with Crippen LogP contribution in [0.3, 0.4) is 0 Å². The maximum absolute atomic E-state index is 12.2. The van der Waals surface area contributed by atoms with Crippen LogP contribution in [0.25, 0.3) is 0 Å². The van der Waals surface area contributed by atoms with E-state index >= 15 is 0 Å². The molecular formula is C16H13IO4. The van der Waals surface area contributed by atoms with Gasteiger partial charge in [-0.25, -0.2) is 9.59 Å². The van der Waals surface area contributed by atoms with Gasteiger partial charge < -0.3 is 9.47 Å². The highest BCUT2D eigenvalue weighted by molar-refractivity contribution is 14.1. The van der Waals surface area contributed by atoms with Gasteiger partial charge in [0.1, 0.15) is 11.3 Å². The zero-order chi connectivity index (χ0) is 15.4. The van der Waals surface area contributed by atoms with Gasteiger partial charge in [0.15, 0.2) is 0 Å². The number of hydrogen-bond donors (Lipinski definition) is 0. The zero-order valence-corrected chi connectivity index (χ0v) is 13.7. The summed E-state index contributed by atoms with van der Waals surface area (Å²) in [5.74, 6) is -0.869. The van der Waals surface area contributed by atoms with Crippen molar-refractivity contribution < 1.29 is 19.1 Å². The minimum absolute atomic E-state index is 0.185. The lowest BCUT2D eigenvalue weighted by atomic mass is 10.1. The van der Waals surface area contributed by atoms with E-state index in [1.807, 2.05) is 13.0 Å². The molecule has 0 unspecified atom stereocenters. The molecular weight excluding hydrogens is 383 g/mol. The number of para-hydroxylation sites is 1. The lowest BCUT2D eigenvalue weighted by Gasteiger charge is -2.09. The highest BCUT2D eigenvalue weighted by Crippen LogP contribution is 2.21. The van der Waals surface area contributed by atoms with Crippen LogP contribution in [0.15, 0.2) is 42.5 Å². The fourth-order valence-electron chi connectivity index (χ4n) is 1.71. The van der Waals surface area contributed by atoms with E-state index in [0.29, 0.717) is 5.56 Å². The number of aryl methyl sites for hydroxylation is 1. The van der Waals surface area contributed by atoms with Crippen LogP contribution in [-0.4, -0.2) is 19.0 Å². The van der Waals surface area contributed by atoms with E-state index in [0.717, 1.165) is 9.13 Å². The Hall–Kier alpha value is -1.89. The van der Waals surface area contributed by atoms with Crippen LogP contribution in [0.2, 0.25) is 0 Å². The number of benzene rings is 2. The molecule has 2 aromatic carbocycles. The Morgan fingerprint density at radius 1 is 1.05 bits per heavy atom. The summed E-state index contributed by atoms with van der Waals surface area (Å²) < 4.78 is 10.9. The second kappa shape index (κ2) is 6.71. The smallest absolute Gasteiger partial charge is 0.343 e. The second-order valence-electron chi connectivity index (χ2n) is 4.34. The highest BCUT2D eigenvalue weighted by Gasteiger charge is 2.16. The van der Waals surface area contributed by atoms with Gasteiger partial charge in [-0.1, -0.05) is 18.2 Å². The Bertz CT molecular complexity index is 694. The van der Waals surface area contributed by atoms with Gasteiger partial charge in [0.25, 0.3) is 0 Å². The predicted octanol–water partition coefficient (Wildman–Crippen LogP) is 3.61. The zero-order valence-electron chi connectivity index (χ0n) is 11.6. The number of carbonyl (C=O) groups excluding carboxylic acids is 2. The standard InChI is InChI=1S/C16H13IO4/c1-10-7-8-11(9-13(10)17)15(18)21-14-6-4-3-5-12(14)16(19)20-2/h3-9H,1-2H3. The van der Waals surface area contributed by atoms with Crippen molar-refractivity contribution in [1.82, 2.24) is 0 Å². The van der Waals surface area contributed by atoms with Crippen molar-refractivity contribution in [1.29, 1.82) is 0 Å². The first-order valence-electron chi connectivity index (χ1n) is 6.18. The van der Waals surface area contributed by atoms with Crippen LogP contribution in [-0.2, 0) is 4.74 Å². The van der Waals surface area contributed by atoms with Crippen molar-refractivity contribution in [3.05, 3.63) is 62.7 Å². The van der Waals surface area contributed by atoms with Gasteiger partial charge >= 0.3 is 11.9 Å². The fraction of sp³-hybridized carbons (Fsp3) is 0.125. The van der Waals surface area contributed by atoms with Crippen LogP contribution in [0, 0.1) is 10.5 Å². The van der Waals surface area contributed by atoms with E-state index in [1.165, 1.54) is 7.11 Å². The highest BCUT2D eigenvalue weighted by atomic mass is 127. The Morgan fingerprint density at radius 3 is 2.43 bits per heavy atom. The summed E-state index contributed by atoms with van der Waals surface area (Å²) in [5, 5.41) is 0. The van der Waals surface area contributed by atoms with E-state index in [-0.39, 0.29) is 11.3 Å². The normalized spacial score (nSPS) is 10.0. The molecule has 4 nitrogen and oxygen atoms in total. The lowest BCUT2D eigenvalue weighted by molar-refractivity contribution is 0.0593. The molecule has 0 radical (unpaired) electrons. The minimum Gasteiger partial charge on any atom is -0.465 e. The number of esters is 2. The number of ether oxygens (including phenoxy) is 2. The first-order valence-corrected chi connectivity index (χ1v) is 7.26. The molecule has 108 valence electrons. The summed E-state index contributed by atoms with van der Waals surface area (Å²) in [4.78, 5) is 23.8. The maximum Gasteiger partial charge on any atom is 0.343 e. The quantitative estimate of drug-likeness (QED) is 0.452. The molecule has 0 N–H and O–H groups in total. The molecule has 0 atom stereocenters. The Kier molecular flexibility index (Phi) is 4.95. The summed E-state index contributed by atoms with van der Waals surface area (Å²) in [6, 6.07) is 11.8. The van der Waals surface area contributed by atoms with Crippen molar-refractivity contribution in [2.75, 3.05) is 7.11 Å².